The second-order valence-electron chi connectivity index (χ2n) is 3.64. The molecular weight excluding hydrogens is 222 g/mol. The Morgan fingerprint density at radius 1 is 1.53 bits per heavy atom. The van der Waals surface area contributed by atoms with E-state index in [4.69, 9.17) is 4.74 Å². The summed E-state index contributed by atoms with van der Waals surface area (Å²) in [6.07, 6.45) is 2.56. The quantitative estimate of drug-likeness (QED) is 0.445. The SMILES string of the molecule is CCCNCCOc1nccc(C)c1[N+](=O)[O-]. The minimum atomic E-state index is -0.461. The first-order chi connectivity index (χ1) is 8.16. The third-order valence-electron chi connectivity index (χ3n) is 2.22. The molecule has 0 aliphatic heterocycles. The fourth-order valence-electron chi connectivity index (χ4n) is 1.37. The first-order valence-electron chi connectivity index (χ1n) is 5.60. The van der Waals surface area contributed by atoms with E-state index in [1.54, 1.807) is 13.0 Å². The van der Waals surface area contributed by atoms with E-state index in [0.717, 1.165) is 13.0 Å². The molecule has 0 aliphatic carbocycles. The Labute approximate surface area is 100 Å². The van der Waals surface area contributed by atoms with Gasteiger partial charge in [0.2, 0.25) is 0 Å². The average molecular weight is 239 g/mol. The standard InChI is InChI=1S/C11H17N3O3/c1-3-5-12-7-8-17-11-10(14(15)16)9(2)4-6-13-11/h4,6,12H,3,5,7-8H2,1-2H3. The maximum atomic E-state index is 10.8. The summed E-state index contributed by atoms with van der Waals surface area (Å²) in [6, 6.07) is 1.60. The number of nitrogens with one attached hydrogen (secondary N) is 1. The molecule has 0 atom stereocenters. The molecule has 1 heterocycles. The summed E-state index contributed by atoms with van der Waals surface area (Å²) in [6.45, 7) is 5.67. The summed E-state index contributed by atoms with van der Waals surface area (Å²) >= 11 is 0. The number of hydrogen-bond acceptors (Lipinski definition) is 5. The number of pyridine rings is 1. The summed E-state index contributed by atoms with van der Waals surface area (Å²) in [5.74, 6) is 0.0910. The Bertz CT molecular complexity index is 382. The van der Waals surface area contributed by atoms with Crippen molar-refractivity contribution >= 4 is 5.69 Å². The van der Waals surface area contributed by atoms with Gasteiger partial charge >= 0.3 is 5.69 Å². The van der Waals surface area contributed by atoms with Crippen molar-refractivity contribution in [3.63, 3.8) is 0 Å². The van der Waals surface area contributed by atoms with Gasteiger partial charge in [0.15, 0.2) is 0 Å². The molecule has 0 radical (unpaired) electrons. The van der Waals surface area contributed by atoms with Crippen molar-refractivity contribution in [2.24, 2.45) is 0 Å². The van der Waals surface area contributed by atoms with Crippen LogP contribution in [0.3, 0.4) is 0 Å². The third-order valence-corrected chi connectivity index (χ3v) is 2.22. The molecular formula is C11H17N3O3. The molecule has 0 fully saturated rings. The van der Waals surface area contributed by atoms with Gasteiger partial charge in [-0.1, -0.05) is 6.92 Å². The summed E-state index contributed by atoms with van der Waals surface area (Å²) in [4.78, 5) is 14.3. The molecule has 0 saturated heterocycles. The zero-order chi connectivity index (χ0) is 12.7. The molecule has 0 unspecified atom stereocenters. The van der Waals surface area contributed by atoms with Crippen molar-refractivity contribution in [3.05, 3.63) is 27.9 Å². The number of nitro groups is 1. The molecule has 0 bridgehead atoms. The maximum Gasteiger partial charge on any atom is 0.333 e. The summed E-state index contributed by atoms with van der Waals surface area (Å²) in [7, 11) is 0. The van der Waals surface area contributed by atoms with Gasteiger partial charge in [-0.05, 0) is 26.0 Å². The fraction of sp³-hybridized carbons (Fsp3) is 0.545. The summed E-state index contributed by atoms with van der Waals surface area (Å²) in [5.41, 5.74) is 0.504. The molecule has 6 nitrogen and oxygen atoms in total. The van der Waals surface area contributed by atoms with Crippen LogP contribution in [-0.4, -0.2) is 29.6 Å². The Hall–Kier alpha value is -1.69. The monoisotopic (exact) mass is 239 g/mol. The number of hydrogen-bond donors (Lipinski definition) is 1. The minimum Gasteiger partial charge on any atom is -0.471 e. The van der Waals surface area contributed by atoms with Crippen LogP contribution >= 0.6 is 0 Å². The van der Waals surface area contributed by atoms with Crippen LogP contribution in [0.1, 0.15) is 18.9 Å². The first-order valence-corrected chi connectivity index (χ1v) is 5.60. The lowest BCUT2D eigenvalue weighted by Gasteiger charge is -2.07. The van der Waals surface area contributed by atoms with Crippen molar-refractivity contribution in [2.75, 3.05) is 19.7 Å². The molecule has 0 saturated carbocycles. The van der Waals surface area contributed by atoms with Crippen molar-refractivity contribution in [2.45, 2.75) is 20.3 Å². The number of rotatable bonds is 7. The second kappa shape index (κ2) is 6.80. The van der Waals surface area contributed by atoms with Gasteiger partial charge in [0.1, 0.15) is 6.61 Å². The highest BCUT2D eigenvalue weighted by atomic mass is 16.6. The zero-order valence-electron chi connectivity index (χ0n) is 10.1. The average Bonchev–Trinajstić information content (AvgIpc) is 2.28. The number of ether oxygens (including phenoxy) is 1. The molecule has 0 spiro atoms. The van der Waals surface area contributed by atoms with Crippen LogP contribution in [0.15, 0.2) is 12.3 Å². The van der Waals surface area contributed by atoms with Crippen molar-refractivity contribution in [1.29, 1.82) is 0 Å². The van der Waals surface area contributed by atoms with Gasteiger partial charge in [0, 0.05) is 18.3 Å². The topological polar surface area (TPSA) is 77.3 Å². The molecule has 6 heteroatoms. The van der Waals surface area contributed by atoms with Crippen LogP contribution in [0.2, 0.25) is 0 Å². The van der Waals surface area contributed by atoms with Crippen molar-refractivity contribution in [1.82, 2.24) is 10.3 Å². The molecule has 17 heavy (non-hydrogen) atoms. The lowest BCUT2D eigenvalue weighted by molar-refractivity contribution is -0.386. The Morgan fingerprint density at radius 3 is 2.94 bits per heavy atom. The van der Waals surface area contributed by atoms with E-state index >= 15 is 0 Å². The number of aryl methyl sites for hydroxylation is 1. The summed E-state index contributed by atoms with van der Waals surface area (Å²) in [5, 5.41) is 14.0. The highest BCUT2D eigenvalue weighted by Gasteiger charge is 2.19. The van der Waals surface area contributed by atoms with E-state index in [-0.39, 0.29) is 11.6 Å². The molecule has 94 valence electrons. The molecule has 0 aliphatic rings. The van der Waals surface area contributed by atoms with Crippen LogP contribution < -0.4 is 10.1 Å². The van der Waals surface area contributed by atoms with Gasteiger partial charge in [-0.2, -0.15) is 0 Å². The minimum absolute atomic E-state index is 0.0528. The smallest absolute Gasteiger partial charge is 0.333 e. The third kappa shape index (κ3) is 3.99. The van der Waals surface area contributed by atoms with E-state index in [0.29, 0.717) is 18.7 Å². The Balaban J connectivity index is 2.58. The van der Waals surface area contributed by atoms with Gasteiger partial charge in [0.25, 0.3) is 5.88 Å². The lowest BCUT2D eigenvalue weighted by Crippen LogP contribution is -2.22. The number of nitrogens with zero attached hydrogens (tertiary/aromatic N) is 2. The molecule has 1 aromatic rings. The van der Waals surface area contributed by atoms with Crippen LogP contribution in [0.5, 0.6) is 5.88 Å². The van der Waals surface area contributed by atoms with Gasteiger partial charge in [-0.3, -0.25) is 10.1 Å². The first kappa shape index (κ1) is 13.4. The molecule has 0 aromatic carbocycles. The van der Waals surface area contributed by atoms with Gasteiger partial charge in [0.05, 0.1) is 4.92 Å². The van der Waals surface area contributed by atoms with E-state index in [2.05, 4.69) is 17.2 Å². The molecule has 1 N–H and O–H groups in total. The largest absolute Gasteiger partial charge is 0.471 e. The predicted molar refractivity (Wildman–Crippen MR) is 64.3 cm³/mol. The molecule has 0 amide bonds. The van der Waals surface area contributed by atoms with E-state index in [1.807, 2.05) is 0 Å². The zero-order valence-corrected chi connectivity index (χ0v) is 10.1. The Kier molecular flexibility index (Phi) is 5.35. The van der Waals surface area contributed by atoms with Gasteiger partial charge < -0.3 is 10.1 Å². The van der Waals surface area contributed by atoms with Crippen LogP contribution in [0.25, 0.3) is 0 Å². The predicted octanol–water partition coefficient (Wildman–Crippen LogP) is 1.68. The normalized spacial score (nSPS) is 10.2. The fourth-order valence-corrected chi connectivity index (χ4v) is 1.37. The van der Waals surface area contributed by atoms with E-state index in [9.17, 15) is 10.1 Å². The highest BCUT2D eigenvalue weighted by molar-refractivity contribution is 5.47. The maximum absolute atomic E-state index is 10.8. The van der Waals surface area contributed by atoms with Gasteiger partial charge in [-0.25, -0.2) is 4.98 Å². The number of aromatic nitrogens is 1. The van der Waals surface area contributed by atoms with Crippen molar-refractivity contribution in [3.8, 4) is 5.88 Å². The molecule has 1 rings (SSSR count). The molecule has 1 aromatic heterocycles. The van der Waals surface area contributed by atoms with E-state index < -0.39 is 4.92 Å². The second-order valence-corrected chi connectivity index (χ2v) is 3.64. The van der Waals surface area contributed by atoms with Gasteiger partial charge in [-0.15, -0.1) is 0 Å². The van der Waals surface area contributed by atoms with Crippen LogP contribution in [-0.2, 0) is 0 Å². The van der Waals surface area contributed by atoms with Crippen LogP contribution in [0.4, 0.5) is 5.69 Å². The van der Waals surface area contributed by atoms with Crippen LogP contribution in [0, 0.1) is 17.0 Å². The lowest BCUT2D eigenvalue weighted by atomic mass is 10.2. The van der Waals surface area contributed by atoms with E-state index in [1.165, 1.54) is 6.20 Å². The van der Waals surface area contributed by atoms with Crippen molar-refractivity contribution < 1.29 is 9.66 Å². The summed E-state index contributed by atoms with van der Waals surface area (Å²) < 4.78 is 5.31. The highest BCUT2D eigenvalue weighted by Crippen LogP contribution is 2.27. The Morgan fingerprint density at radius 2 is 2.29 bits per heavy atom.